The van der Waals surface area contributed by atoms with Crippen molar-refractivity contribution >= 4 is 22.1 Å². The molecule has 0 radical (unpaired) electrons. The molecular weight excluding hydrogens is 246 g/mol. The monoisotopic (exact) mass is 265 g/mol. The summed E-state index contributed by atoms with van der Waals surface area (Å²) in [7, 11) is 0. The second-order valence-electron chi connectivity index (χ2n) is 5.17. The highest BCUT2D eigenvalue weighted by Gasteiger charge is 2.26. The highest BCUT2D eigenvalue weighted by Crippen LogP contribution is 2.29. The molecule has 1 N–H and O–H groups in total. The highest BCUT2D eigenvalue weighted by atomic mass is 32.1. The Labute approximate surface area is 111 Å². The lowest BCUT2D eigenvalue weighted by atomic mass is 10.1. The zero-order valence-electron chi connectivity index (χ0n) is 11.1. The van der Waals surface area contributed by atoms with E-state index in [1.165, 1.54) is 0 Å². The van der Waals surface area contributed by atoms with Crippen molar-refractivity contribution in [2.24, 2.45) is 0 Å². The first-order valence-corrected chi connectivity index (χ1v) is 6.81. The third-order valence-corrected chi connectivity index (χ3v) is 3.62. The van der Waals surface area contributed by atoms with Gasteiger partial charge in [0.2, 0.25) is 0 Å². The number of aromatic nitrogens is 2. The van der Waals surface area contributed by atoms with Gasteiger partial charge in [0.25, 0.3) is 0 Å². The molecule has 2 rings (SSSR count). The van der Waals surface area contributed by atoms with Gasteiger partial charge in [-0.2, -0.15) is 0 Å². The van der Waals surface area contributed by atoms with E-state index < -0.39 is 0 Å². The van der Waals surface area contributed by atoms with E-state index in [0.717, 1.165) is 16.5 Å². The molecule has 0 aromatic carbocycles. The van der Waals surface area contributed by atoms with Crippen LogP contribution in [0.5, 0.6) is 0 Å². The highest BCUT2D eigenvalue weighted by molar-refractivity contribution is 7.15. The van der Waals surface area contributed by atoms with Crippen LogP contribution in [0, 0.1) is 0 Å². The lowest BCUT2D eigenvalue weighted by molar-refractivity contribution is 0.275. The lowest BCUT2D eigenvalue weighted by Crippen LogP contribution is -2.42. The average molecular weight is 265 g/mol. The number of hydrogen-bond acceptors (Lipinski definition) is 4. The van der Waals surface area contributed by atoms with Gasteiger partial charge in [0.1, 0.15) is 0 Å². The first kappa shape index (κ1) is 13.1. The maximum absolute atomic E-state index is 9.60. The van der Waals surface area contributed by atoms with Gasteiger partial charge in [-0.15, -0.1) is 17.9 Å². The summed E-state index contributed by atoms with van der Waals surface area (Å²) in [6, 6.07) is 0. The maximum atomic E-state index is 9.60. The van der Waals surface area contributed by atoms with Gasteiger partial charge in [-0.1, -0.05) is 6.08 Å². The van der Waals surface area contributed by atoms with E-state index in [9.17, 15) is 5.11 Å². The number of fused-ring (bicyclic) bond motifs is 1. The number of thiazole rings is 1. The summed E-state index contributed by atoms with van der Waals surface area (Å²) in [5.74, 6) is 0.844. The Kier molecular flexibility index (Phi) is 3.45. The molecule has 2 aromatic rings. The van der Waals surface area contributed by atoms with Crippen molar-refractivity contribution < 1.29 is 5.11 Å². The largest absolute Gasteiger partial charge is 0.390 e. The SMILES string of the molecule is C=CCN(c1nc2sccn2c1CO)C(C)(C)C. The minimum Gasteiger partial charge on any atom is -0.390 e. The second kappa shape index (κ2) is 4.74. The van der Waals surface area contributed by atoms with Crippen molar-refractivity contribution in [3.8, 4) is 0 Å². The summed E-state index contributed by atoms with van der Waals surface area (Å²) in [6.07, 6.45) is 3.80. The van der Waals surface area contributed by atoms with Crippen LogP contribution in [0.25, 0.3) is 4.96 Å². The topological polar surface area (TPSA) is 40.8 Å². The molecule has 0 aliphatic heterocycles. The summed E-state index contributed by atoms with van der Waals surface area (Å²) in [5.41, 5.74) is 0.769. The molecule has 4 nitrogen and oxygen atoms in total. The van der Waals surface area contributed by atoms with Crippen LogP contribution in [0.15, 0.2) is 24.2 Å². The Morgan fingerprint density at radius 1 is 1.56 bits per heavy atom. The number of imidazole rings is 1. The van der Waals surface area contributed by atoms with Gasteiger partial charge in [-0.05, 0) is 20.8 Å². The van der Waals surface area contributed by atoms with Crippen molar-refractivity contribution in [3.05, 3.63) is 29.9 Å². The van der Waals surface area contributed by atoms with E-state index in [2.05, 4.69) is 37.2 Å². The van der Waals surface area contributed by atoms with Crippen LogP contribution < -0.4 is 4.90 Å². The van der Waals surface area contributed by atoms with Crippen LogP contribution in [0.2, 0.25) is 0 Å². The van der Waals surface area contributed by atoms with Gasteiger partial charge in [0, 0.05) is 23.7 Å². The Morgan fingerprint density at radius 2 is 2.28 bits per heavy atom. The van der Waals surface area contributed by atoms with Gasteiger partial charge in [0.05, 0.1) is 12.3 Å². The summed E-state index contributed by atoms with van der Waals surface area (Å²) >= 11 is 1.57. The molecular formula is C13H19N3OS. The van der Waals surface area contributed by atoms with Gasteiger partial charge in [0.15, 0.2) is 10.8 Å². The smallest absolute Gasteiger partial charge is 0.195 e. The molecule has 0 bridgehead atoms. The van der Waals surface area contributed by atoms with Gasteiger partial charge in [-0.3, -0.25) is 4.40 Å². The molecule has 2 heterocycles. The molecule has 0 saturated heterocycles. The Hall–Kier alpha value is -1.33. The molecule has 5 heteroatoms. The predicted octanol–water partition coefficient (Wildman–Crippen LogP) is 2.68. The van der Waals surface area contributed by atoms with E-state index in [0.29, 0.717) is 6.54 Å². The molecule has 0 aliphatic carbocycles. The molecule has 0 unspecified atom stereocenters. The quantitative estimate of drug-likeness (QED) is 0.864. The molecule has 0 aliphatic rings. The zero-order valence-corrected chi connectivity index (χ0v) is 11.9. The Morgan fingerprint density at radius 3 is 2.83 bits per heavy atom. The number of anilines is 1. The van der Waals surface area contributed by atoms with E-state index in [1.54, 1.807) is 11.3 Å². The molecule has 0 fully saturated rings. The number of hydrogen-bond donors (Lipinski definition) is 1. The van der Waals surface area contributed by atoms with Gasteiger partial charge in [-0.25, -0.2) is 4.98 Å². The van der Waals surface area contributed by atoms with Gasteiger partial charge >= 0.3 is 0 Å². The van der Waals surface area contributed by atoms with Crippen LogP contribution in [-0.4, -0.2) is 26.6 Å². The standard InChI is InChI=1S/C13H19N3OS/c1-5-6-16(13(2,3)4)11-10(9-17)15-7-8-18-12(15)14-11/h5,7-8,17H,1,6,9H2,2-4H3. The summed E-state index contributed by atoms with van der Waals surface area (Å²) in [4.78, 5) is 7.70. The van der Waals surface area contributed by atoms with Crippen LogP contribution in [0.1, 0.15) is 26.5 Å². The fourth-order valence-electron chi connectivity index (χ4n) is 1.99. The minimum atomic E-state index is -0.0673. The molecule has 0 amide bonds. The predicted molar refractivity (Wildman–Crippen MR) is 76.3 cm³/mol. The van der Waals surface area contributed by atoms with Crippen molar-refractivity contribution in [2.45, 2.75) is 32.9 Å². The second-order valence-corrected chi connectivity index (χ2v) is 6.04. The van der Waals surface area contributed by atoms with Crippen molar-refractivity contribution in [2.75, 3.05) is 11.4 Å². The lowest BCUT2D eigenvalue weighted by Gasteiger charge is -2.35. The molecule has 0 saturated carbocycles. The normalized spacial score (nSPS) is 12.0. The summed E-state index contributed by atoms with van der Waals surface area (Å²) in [5, 5.41) is 11.6. The summed E-state index contributed by atoms with van der Waals surface area (Å²) < 4.78 is 1.95. The van der Waals surface area contributed by atoms with Crippen molar-refractivity contribution in [1.29, 1.82) is 0 Å². The van der Waals surface area contributed by atoms with Crippen LogP contribution in [-0.2, 0) is 6.61 Å². The van der Waals surface area contributed by atoms with Crippen LogP contribution >= 0.6 is 11.3 Å². The first-order chi connectivity index (χ1) is 8.49. The number of aliphatic hydroxyl groups excluding tert-OH is 1. The minimum absolute atomic E-state index is 0.0169. The third kappa shape index (κ3) is 2.15. The Balaban J connectivity index is 2.55. The fraction of sp³-hybridized carbons (Fsp3) is 0.462. The summed E-state index contributed by atoms with van der Waals surface area (Å²) in [6.45, 7) is 10.9. The molecule has 18 heavy (non-hydrogen) atoms. The first-order valence-electron chi connectivity index (χ1n) is 5.93. The molecule has 0 spiro atoms. The van der Waals surface area contributed by atoms with Crippen molar-refractivity contribution in [1.82, 2.24) is 9.38 Å². The molecule has 2 aromatic heterocycles. The molecule has 98 valence electrons. The number of nitrogens with zero attached hydrogens (tertiary/aromatic N) is 3. The van der Waals surface area contributed by atoms with Crippen LogP contribution in [0.4, 0.5) is 5.82 Å². The average Bonchev–Trinajstić information content (AvgIpc) is 2.83. The zero-order chi connectivity index (χ0) is 13.3. The number of aliphatic hydroxyl groups is 1. The van der Waals surface area contributed by atoms with E-state index in [-0.39, 0.29) is 12.1 Å². The van der Waals surface area contributed by atoms with Crippen molar-refractivity contribution in [3.63, 3.8) is 0 Å². The van der Waals surface area contributed by atoms with Gasteiger partial charge < -0.3 is 10.0 Å². The van der Waals surface area contributed by atoms with E-state index in [1.807, 2.05) is 22.1 Å². The molecule has 0 atom stereocenters. The van der Waals surface area contributed by atoms with E-state index >= 15 is 0 Å². The third-order valence-electron chi connectivity index (χ3n) is 2.87. The van der Waals surface area contributed by atoms with Crippen LogP contribution in [0.3, 0.4) is 0 Å². The van der Waals surface area contributed by atoms with E-state index in [4.69, 9.17) is 0 Å². The maximum Gasteiger partial charge on any atom is 0.195 e. The number of rotatable bonds is 4. The Bertz CT molecular complexity index is 550. The fourth-order valence-corrected chi connectivity index (χ4v) is 2.72.